The highest BCUT2D eigenvalue weighted by Gasteiger charge is 2.25. The molecule has 0 spiro atoms. The minimum absolute atomic E-state index is 0.174. The van der Waals surface area contributed by atoms with Crippen LogP contribution in [0, 0.1) is 5.41 Å². The first-order valence-corrected chi connectivity index (χ1v) is 6.71. The topological polar surface area (TPSA) is 12.0 Å². The smallest absolute Gasteiger partial charge is 0.0551 e. The average Bonchev–Trinajstić information content (AvgIpc) is 2.17. The summed E-state index contributed by atoms with van der Waals surface area (Å²) in [5.74, 6) is 0. The maximum absolute atomic E-state index is 6.13. The lowest BCUT2D eigenvalue weighted by atomic mass is 9.82. The molecule has 90 valence electrons. The SMILES string of the molecule is CCNC(c1ccc(Br)c(Cl)c1)C(C)(C)C. The first-order chi connectivity index (χ1) is 7.36. The Hall–Kier alpha value is -0.0500. The van der Waals surface area contributed by atoms with Gasteiger partial charge < -0.3 is 5.32 Å². The molecule has 1 aromatic rings. The van der Waals surface area contributed by atoms with E-state index in [-0.39, 0.29) is 5.41 Å². The number of hydrogen-bond acceptors (Lipinski definition) is 1. The van der Waals surface area contributed by atoms with Crippen molar-refractivity contribution in [3.05, 3.63) is 33.3 Å². The van der Waals surface area contributed by atoms with Gasteiger partial charge in [-0.05, 0) is 45.6 Å². The molecule has 1 atom stereocenters. The van der Waals surface area contributed by atoms with Gasteiger partial charge in [-0.15, -0.1) is 0 Å². The molecule has 1 rings (SSSR count). The number of benzene rings is 1. The van der Waals surface area contributed by atoms with Crippen LogP contribution in [-0.2, 0) is 0 Å². The fraction of sp³-hybridized carbons (Fsp3) is 0.538. The quantitative estimate of drug-likeness (QED) is 0.846. The minimum Gasteiger partial charge on any atom is -0.310 e. The van der Waals surface area contributed by atoms with Crippen LogP contribution in [-0.4, -0.2) is 6.54 Å². The lowest BCUT2D eigenvalue weighted by Gasteiger charge is -2.32. The summed E-state index contributed by atoms with van der Waals surface area (Å²) in [6.45, 7) is 9.78. The summed E-state index contributed by atoms with van der Waals surface area (Å²) in [5.41, 5.74) is 1.41. The lowest BCUT2D eigenvalue weighted by Crippen LogP contribution is -2.32. The molecule has 0 fully saturated rings. The Kier molecular flexibility index (Phi) is 4.84. The van der Waals surface area contributed by atoms with Crippen molar-refractivity contribution in [2.45, 2.75) is 33.7 Å². The van der Waals surface area contributed by atoms with Crippen molar-refractivity contribution in [2.24, 2.45) is 5.41 Å². The van der Waals surface area contributed by atoms with Crippen LogP contribution >= 0.6 is 27.5 Å². The molecule has 0 heterocycles. The van der Waals surface area contributed by atoms with Gasteiger partial charge in [-0.25, -0.2) is 0 Å². The Morgan fingerprint density at radius 2 is 2.00 bits per heavy atom. The second-order valence-electron chi connectivity index (χ2n) is 5.03. The van der Waals surface area contributed by atoms with Gasteiger partial charge in [0.05, 0.1) is 5.02 Å². The van der Waals surface area contributed by atoms with Gasteiger partial charge in [-0.2, -0.15) is 0 Å². The number of hydrogen-bond donors (Lipinski definition) is 1. The van der Waals surface area contributed by atoms with Gasteiger partial charge >= 0.3 is 0 Å². The Morgan fingerprint density at radius 3 is 2.44 bits per heavy atom. The minimum atomic E-state index is 0.174. The van der Waals surface area contributed by atoms with Gasteiger partial charge in [0.25, 0.3) is 0 Å². The molecule has 0 amide bonds. The predicted octanol–water partition coefficient (Wildman–Crippen LogP) is 4.80. The molecule has 0 bridgehead atoms. The molecule has 0 aromatic heterocycles. The van der Waals surface area contributed by atoms with E-state index in [2.05, 4.69) is 55.0 Å². The number of nitrogens with one attached hydrogen (secondary N) is 1. The second-order valence-corrected chi connectivity index (χ2v) is 6.29. The molecule has 0 aliphatic rings. The summed E-state index contributed by atoms with van der Waals surface area (Å²) in [4.78, 5) is 0. The molecular formula is C13H19BrClN. The molecule has 0 saturated carbocycles. The van der Waals surface area contributed by atoms with Crippen LogP contribution in [0.5, 0.6) is 0 Å². The van der Waals surface area contributed by atoms with Crippen LogP contribution in [0.25, 0.3) is 0 Å². The highest BCUT2D eigenvalue weighted by Crippen LogP contribution is 2.35. The van der Waals surface area contributed by atoms with Crippen molar-refractivity contribution in [3.63, 3.8) is 0 Å². The zero-order valence-corrected chi connectivity index (χ0v) is 12.6. The molecule has 1 aromatic carbocycles. The molecule has 3 heteroatoms. The van der Waals surface area contributed by atoms with Gasteiger partial charge in [0.2, 0.25) is 0 Å². The molecule has 1 nitrogen and oxygen atoms in total. The van der Waals surface area contributed by atoms with Crippen LogP contribution in [0.4, 0.5) is 0 Å². The van der Waals surface area contributed by atoms with Crippen molar-refractivity contribution < 1.29 is 0 Å². The largest absolute Gasteiger partial charge is 0.310 e. The number of halogens is 2. The van der Waals surface area contributed by atoms with E-state index >= 15 is 0 Å². The maximum Gasteiger partial charge on any atom is 0.0551 e. The summed E-state index contributed by atoms with van der Waals surface area (Å²) in [6, 6.07) is 6.48. The molecule has 1 unspecified atom stereocenters. The van der Waals surface area contributed by atoms with Gasteiger partial charge in [0.1, 0.15) is 0 Å². The third-order valence-electron chi connectivity index (χ3n) is 2.55. The highest BCUT2D eigenvalue weighted by molar-refractivity contribution is 9.10. The zero-order valence-electron chi connectivity index (χ0n) is 10.3. The first kappa shape index (κ1) is 14.0. The monoisotopic (exact) mass is 303 g/mol. The summed E-state index contributed by atoms with van der Waals surface area (Å²) >= 11 is 9.55. The summed E-state index contributed by atoms with van der Waals surface area (Å²) in [6.07, 6.45) is 0. The van der Waals surface area contributed by atoms with Crippen molar-refractivity contribution in [3.8, 4) is 0 Å². The van der Waals surface area contributed by atoms with E-state index in [4.69, 9.17) is 11.6 Å². The standard InChI is InChI=1S/C13H19BrClN/c1-5-16-12(13(2,3)4)9-6-7-10(14)11(15)8-9/h6-8,12,16H,5H2,1-4H3. The summed E-state index contributed by atoms with van der Waals surface area (Å²) in [7, 11) is 0. The third-order valence-corrected chi connectivity index (χ3v) is 3.78. The molecule has 16 heavy (non-hydrogen) atoms. The second kappa shape index (κ2) is 5.52. The van der Waals surface area contributed by atoms with E-state index in [1.54, 1.807) is 0 Å². The molecule has 0 radical (unpaired) electrons. The molecule has 0 aliphatic heterocycles. The van der Waals surface area contributed by atoms with Crippen molar-refractivity contribution >= 4 is 27.5 Å². The van der Waals surface area contributed by atoms with Crippen LogP contribution < -0.4 is 5.32 Å². The third kappa shape index (κ3) is 3.47. The van der Waals surface area contributed by atoms with Crippen molar-refractivity contribution in [2.75, 3.05) is 6.54 Å². The van der Waals surface area contributed by atoms with Crippen molar-refractivity contribution in [1.29, 1.82) is 0 Å². The molecule has 1 N–H and O–H groups in total. The van der Waals surface area contributed by atoms with Crippen LogP contribution in [0.1, 0.15) is 39.3 Å². The van der Waals surface area contributed by atoms with E-state index in [0.717, 1.165) is 16.0 Å². The fourth-order valence-corrected chi connectivity index (χ4v) is 2.26. The van der Waals surface area contributed by atoms with Gasteiger partial charge in [-0.3, -0.25) is 0 Å². The lowest BCUT2D eigenvalue weighted by molar-refractivity contribution is 0.277. The average molecular weight is 305 g/mol. The van der Waals surface area contributed by atoms with Gasteiger partial charge in [0, 0.05) is 10.5 Å². The Morgan fingerprint density at radius 1 is 1.38 bits per heavy atom. The normalized spacial score (nSPS) is 13.9. The van der Waals surface area contributed by atoms with Crippen molar-refractivity contribution in [1.82, 2.24) is 5.32 Å². The van der Waals surface area contributed by atoms with E-state index in [1.807, 2.05) is 12.1 Å². The molecule has 0 aliphatic carbocycles. The van der Waals surface area contributed by atoms with Crippen LogP contribution in [0.3, 0.4) is 0 Å². The molecule has 0 saturated heterocycles. The highest BCUT2D eigenvalue weighted by atomic mass is 79.9. The first-order valence-electron chi connectivity index (χ1n) is 5.54. The van der Waals surface area contributed by atoms with Crippen LogP contribution in [0.2, 0.25) is 5.02 Å². The predicted molar refractivity (Wildman–Crippen MR) is 75.0 cm³/mol. The van der Waals surface area contributed by atoms with Crippen LogP contribution in [0.15, 0.2) is 22.7 Å². The number of rotatable bonds is 3. The summed E-state index contributed by atoms with van der Waals surface area (Å²) in [5, 5.41) is 4.28. The van der Waals surface area contributed by atoms with Gasteiger partial charge in [-0.1, -0.05) is 45.4 Å². The Labute approximate surface area is 112 Å². The van der Waals surface area contributed by atoms with E-state index < -0.39 is 0 Å². The van der Waals surface area contributed by atoms with Gasteiger partial charge in [0.15, 0.2) is 0 Å². The molecular weight excluding hydrogens is 286 g/mol. The Balaban J connectivity index is 3.06. The summed E-state index contributed by atoms with van der Waals surface area (Å²) < 4.78 is 0.946. The zero-order chi connectivity index (χ0) is 12.3. The fourth-order valence-electron chi connectivity index (χ4n) is 1.82. The Bertz CT molecular complexity index is 357. The maximum atomic E-state index is 6.13. The van der Waals surface area contributed by atoms with E-state index in [1.165, 1.54) is 5.56 Å². The van der Waals surface area contributed by atoms with E-state index in [9.17, 15) is 0 Å². The van der Waals surface area contributed by atoms with E-state index in [0.29, 0.717) is 6.04 Å².